The summed E-state index contributed by atoms with van der Waals surface area (Å²) in [7, 11) is 0. The molecule has 1 aromatic carbocycles. The Balaban J connectivity index is 1.82. The van der Waals surface area contributed by atoms with Crippen molar-refractivity contribution in [3.8, 4) is 0 Å². The summed E-state index contributed by atoms with van der Waals surface area (Å²) < 4.78 is 5.47. The lowest BCUT2D eigenvalue weighted by Crippen LogP contribution is -2.42. The number of ether oxygens (including phenoxy) is 1. The van der Waals surface area contributed by atoms with Crippen molar-refractivity contribution in [2.75, 3.05) is 19.8 Å². The minimum atomic E-state index is -0.00120. The van der Waals surface area contributed by atoms with E-state index in [0.29, 0.717) is 12.5 Å². The number of hydrogen-bond donors (Lipinski definition) is 1. The number of nitrogens with zero attached hydrogens (tertiary/aromatic N) is 1. The van der Waals surface area contributed by atoms with Crippen LogP contribution < -0.4 is 5.32 Å². The summed E-state index contributed by atoms with van der Waals surface area (Å²) in [6.45, 7) is 6.24. The topological polar surface area (TPSA) is 41.6 Å². The first-order valence-electron chi connectivity index (χ1n) is 7.35. The predicted octanol–water partition coefficient (Wildman–Crippen LogP) is 1.85. The lowest BCUT2D eigenvalue weighted by Gasteiger charge is -2.33. The number of nitrogens with one attached hydrogen (secondary N) is 1. The van der Waals surface area contributed by atoms with Crippen molar-refractivity contribution >= 4 is 5.91 Å². The molecule has 4 heteroatoms. The molecule has 108 valence electrons. The number of amides is 1. The van der Waals surface area contributed by atoms with Gasteiger partial charge in [0.15, 0.2) is 0 Å². The second-order valence-corrected chi connectivity index (χ2v) is 5.86. The van der Waals surface area contributed by atoms with Gasteiger partial charge >= 0.3 is 0 Å². The normalized spacial score (nSPS) is 28.1. The van der Waals surface area contributed by atoms with Gasteiger partial charge in [0.2, 0.25) is 5.91 Å². The number of benzene rings is 1. The van der Waals surface area contributed by atoms with Gasteiger partial charge in [-0.15, -0.1) is 0 Å². The van der Waals surface area contributed by atoms with Crippen LogP contribution in [0.5, 0.6) is 0 Å². The molecule has 20 heavy (non-hydrogen) atoms. The highest BCUT2D eigenvalue weighted by Crippen LogP contribution is 2.30. The molecule has 0 saturated carbocycles. The fraction of sp³-hybridized carbons (Fsp3) is 0.562. The summed E-state index contributed by atoms with van der Waals surface area (Å²) in [4.78, 5) is 14.2. The lowest BCUT2D eigenvalue weighted by molar-refractivity contribution is -0.131. The van der Waals surface area contributed by atoms with E-state index in [0.717, 1.165) is 25.2 Å². The largest absolute Gasteiger partial charge is 0.381 e. The second-order valence-electron chi connectivity index (χ2n) is 5.86. The molecule has 4 nitrogen and oxygen atoms in total. The van der Waals surface area contributed by atoms with Gasteiger partial charge in [-0.2, -0.15) is 0 Å². The van der Waals surface area contributed by atoms with Crippen LogP contribution >= 0.6 is 0 Å². The molecule has 0 spiro atoms. The van der Waals surface area contributed by atoms with E-state index in [1.165, 1.54) is 5.56 Å². The quantitative estimate of drug-likeness (QED) is 0.914. The van der Waals surface area contributed by atoms with Crippen LogP contribution in [0.2, 0.25) is 0 Å². The summed E-state index contributed by atoms with van der Waals surface area (Å²) >= 11 is 0. The summed E-state index contributed by atoms with van der Waals surface area (Å²) in [5, 5.41) is 3.33. The van der Waals surface area contributed by atoms with Crippen molar-refractivity contribution in [1.82, 2.24) is 10.2 Å². The van der Waals surface area contributed by atoms with Crippen LogP contribution in [0.1, 0.15) is 30.6 Å². The standard InChI is InChI=1S/C16H22N2O2/c1-11-3-5-13(6-4-11)16-17-9-15(19)18(16)12(2)14-7-8-20-10-14/h3-6,12,14,16-17H,7-10H2,1-2H3. The van der Waals surface area contributed by atoms with E-state index in [-0.39, 0.29) is 18.1 Å². The van der Waals surface area contributed by atoms with E-state index in [2.05, 4.69) is 43.4 Å². The maximum Gasteiger partial charge on any atom is 0.238 e. The Labute approximate surface area is 120 Å². The average Bonchev–Trinajstić information content (AvgIpc) is 3.08. The van der Waals surface area contributed by atoms with Crippen LogP contribution in [0.3, 0.4) is 0 Å². The second kappa shape index (κ2) is 5.54. The monoisotopic (exact) mass is 274 g/mol. The van der Waals surface area contributed by atoms with Gasteiger partial charge in [0.25, 0.3) is 0 Å². The SMILES string of the molecule is Cc1ccc(C2NCC(=O)N2C(C)C2CCOC2)cc1. The van der Waals surface area contributed by atoms with Crippen molar-refractivity contribution < 1.29 is 9.53 Å². The Kier molecular flexibility index (Phi) is 3.76. The maximum absolute atomic E-state index is 12.2. The highest BCUT2D eigenvalue weighted by atomic mass is 16.5. The molecule has 2 fully saturated rings. The number of carbonyl (C=O) groups excluding carboxylic acids is 1. The smallest absolute Gasteiger partial charge is 0.238 e. The highest BCUT2D eigenvalue weighted by molar-refractivity contribution is 5.81. The molecule has 2 heterocycles. The fourth-order valence-corrected chi connectivity index (χ4v) is 3.17. The van der Waals surface area contributed by atoms with Crippen LogP contribution in [0.15, 0.2) is 24.3 Å². The molecule has 0 radical (unpaired) electrons. The van der Waals surface area contributed by atoms with Crippen LogP contribution in [0.4, 0.5) is 0 Å². The van der Waals surface area contributed by atoms with Gasteiger partial charge in [0.05, 0.1) is 13.2 Å². The molecule has 2 aliphatic rings. The van der Waals surface area contributed by atoms with E-state index in [9.17, 15) is 4.79 Å². The van der Waals surface area contributed by atoms with Gasteiger partial charge in [-0.05, 0) is 25.8 Å². The summed E-state index contributed by atoms with van der Waals surface area (Å²) in [5.74, 6) is 0.641. The first-order valence-corrected chi connectivity index (χ1v) is 7.35. The van der Waals surface area contributed by atoms with Crippen LogP contribution in [0.25, 0.3) is 0 Å². The van der Waals surface area contributed by atoms with Crippen LogP contribution in [0, 0.1) is 12.8 Å². The summed E-state index contributed by atoms with van der Waals surface area (Å²) in [6.07, 6.45) is 1.05. The minimum absolute atomic E-state index is 0.00120. The number of aryl methyl sites for hydroxylation is 1. The third-order valence-corrected chi connectivity index (χ3v) is 4.49. The van der Waals surface area contributed by atoms with Crippen molar-refractivity contribution in [2.24, 2.45) is 5.92 Å². The third-order valence-electron chi connectivity index (χ3n) is 4.49. The van der Waals surface area contributed by atoms with E-state index in [1.54, 1.807) is 0 Å². The lowest BCUT2D eigenvalue weighted by atomic mass is 9.98. The molecule has 3 atom stereocenters. The first-order chi connectivity index (χ1) is 9.66. The fourth-order valence-electron chi connectivity index (χ4n) is 3.17. The van der Waals surface area contributed by atoms with Crippen molar-refractivity contribution in [3.63, 3.8) is 0 Å². The summed E-state index contributed by atoms with van der Waals surface area (Å²) in [5.41, 5.74) is 2.40. The number of rotatable bonds is 3. The molecule has 3 unspecified atom stereocenters. The number of carbonyl (C=O) groups is 1. The molecule has 0 bridgehead atoms. The molecule has 0 aliphatic carbocycles. The van der Waals surface area contributed by atoms with Gasteiger partial charge in [0, 0.05) is 18.6 Å². The molecule has 3 rings (SSSR count). The molecule has 1 amide bonds. The van der Waals surface area contributed by atoms with Gasteiger partial charge in [0.1, 0.15) is 6.17 Å². The number of hydrogen-bond acceptors (Lipinski definition) is 3. The maximum atomic E-state index is 12.2. The molecule has 1 aromatic rings. The Morgan fingerprint density at radius 2 is 2.10 bits per heavy atom. The van der Waals surface area contributed by atoms with Crippen molar-refractivity contribution in [1.29, 1.82) is 0 Å². The Bertz CT molecular complexity index is 480. The minimum Gasteiger partial charge on any atom is -0.381 e. The van der Waals surface area contributed by atoms with E-state index in [4.69, 9.17) is 4.74 Å². The van der Waals surface area contributed by atoms with E-state index >= 15 is 0 Å². The predicted molar refractivity (Wildman–Crippen MR) is 77.2 cm³/mol. The first kappa shape index (κ1) is 13.6. The molecule has 2 saturated heterocycles. The Morgan fingerprint density at radius 1 is 1.35 bits per heavy atom. The van der Waals surface area contributed by atoms with Crippen molar-refractivity contribution in [3.05, 3.63) is 35.4 Å². The summed E-state index contributed by atoms with van der Waals surface area (Å²) in [6, 6.07) is 8.63. The molecule has 2 aliphatic heterocycles. The third kappa shape index (κ3) is 2.45. The van der Waals surface area contributed by atoms with E-state index in [1.807, 2.05) is 4.90 Å². The Hall–Kier alpha value is -1.39. The van der Waals surface area contributed by atoms with E-state index < -0.39 is 0 Å². The zero-order chi connectivity index (χ0) is 14.1. The molecule has 1 N–H and O–H groups in total. The Morgan fingerprint density at radius 3 is 2.75 bits per heavy atom. The van der Waals surface area contributed by atoms with Crippen LogP contribution in [-0.4, -0.2) is 36.6 Å². The molecular formula is C16H22N2O2. The van der Waals surface area contributed by atoms with Gasteiger partial charge in [-0.25, -0.2) is 0 Å². The average molecular weight is 274 g/mol. The van der Waals surface area contributed by atoms with Crippen molar-refractivity contribution in [2.45, 2.75) is 32.5 Å². The van der Waals surface area contributed by atoms with Gasteiger partial charge in [-0.3, -0.25) is 10.1 Å². The zero-order valence-electron chi connectivity index (χ0n) is 12.1. The van der Waals surface area contributed by atoms with Gasteiger partial charge < -0.3 is 9.64 Å². The molecule has 0 aromatic heterocycles. The van der Waals surface area contributed by atoms with Gasteiger partial charge in [-0.1, -0.05) is 29.8 Å². The van der Waals surface area contributed by atoms with Crippen LogP contribution in [-0.2, 0) is 9.53 Å². The molecular weight excluding hydrogens is 252 g/mol. The highest BCUT2D eigenvalue weighted by Gasteiger charge is 2.38. The zero-order valence-corrected chi connectivity index (χ0v) is 12.1.